The van der Waals surface area contributed by atoms with Crippen LogP contribution >= 0.6 is 0 Å². The summed E-state index contributed by atoms with van der Waals surface area (Å²) in [6.07, 6.45) is 1.48. The van der Waals surface area contributed by atoms with Crippen molar-refractivity contribution < 1.29 is 13.9 Å². The summed E-state index contributed by atoms with van der Waals surface area (Å²) < 4.78 is 9.61. The largest absolute Gasteiger partial charge is 0.433 e. The molecule has 0 unspecified atom stereocenters. The Morgan fingerprint density at radius 3 is 2.88 bits per heavy atom. The van der Waals surface area contributed by atoms with Gasteiger partial charge in [0.25, 0.3) is 0 Å². The fourth-order valence-electron chi connectivity index (χ4n) is 1.20. The maximum atomic E-state index is 10.3. The first-order chi connectivity index (χ1) is 7.75. The second kappa shape index (κ2) is 4.58. The minimum Gasteiger partial charge on any atom is -0.404 e. The minimum absolute atomic E-state index is 0.252. The molecule has 0 aliphatic carbocycles. The zero-order valence-corrected chi connectivity index (χ0v) is 8.25. The number of rotatable bonds is 5. The van der Waals surface area contributed by atoms with Crippen LogP contribution in [0.25, 0.3) is 0 Å². The van der Waals surface area contributed by atoms with Gasteiger partial charge in [-0.25, -0.2) is 0 Å². The lowest BCUT2D eigenvalue weighted by molar-refractivity contribution is -0.402. The first-order valence-corrected chi connectivity index (χ1v) is 4.59. The van der Waals surface area contributed by atoms with Crippen molar-refractivity contribution in [1.82, 2.24) is 10.5 Å². The number of hydrogen-bond acceptors (Lipinski definition) is 6. The Hall–Kier alpha value is -2.15. The fourth-order valence-corrected chi connectivity index (χ4v) is 1.20. The van der Waals surface area contributed by atoms with E-state index in [1.165, 1.54) is 12.3 Å². The van der Waals surface area contributed by atoms with Gasteiger partial charge >= 0.3 is 5.88 Å². The van der Waals surface area contributed by atoms with Crippen LogP contribution in [0.3, 0.4) is 0 Å². The molecule has 0 atom stereocenters. The van der Waals surface area contributed by atoms with Crippen LogP contribution in [0, 0.1) is 10.1 Å². The van der Waals surface area contributed by atoms with Crippen molar-refractivity contribution in [3.63, 3.8) is 0 Å². The highest BCUT2D eigenvalue weighted by Crippen LogP contribution is 2.15. The van der Waals surface area contributed by atoms with Crippen molar-refractivity contribution in [3.8, 4) is 0 Å². The molecule has 2 rings (SSSR count). The lowest BCUT2D eigenvalue weighted by Gasteiger charge is -1.97. The summed E-state index contributed by atoms with van der Waals surface area (Å²) in [4.78, 5) is 9.78. The van der Waals surface area contributed by atoms with Gasteiger partial charge in [-0.15, -0.1) is 0 Å². The number of nitrogens with zero attached hydrogens (tertiary/aromatic N) is 2. The molecule has 2 heterocycles. The van der Waals surface area contributed by atoms with Gasteiger partial charge in [-0.2, -0.15) is 0 Å². The lowest BCUT2D eigenvalue weighted by Crippen LogP contribution is -2.12. The molecule has 0 aliphatic rings. The molecule has 2 aromatic heterocycles. The van der Waals surface area contributed by atoms with Gasteiger partial charge in [0.05, 0.1) is 18.3 Å². The van der Waals surface area contributed by atoms with E-state index in [0.717, 1.165) is 5.69 Å². The molecule has 0 spiro atoms. The van der Waals surface area contributed by atoms with Gasteiger partial charge in [0.15, 0.2) is 0 Å². The van der Waals surface area contributed by atoms with Crippen LogP contribution < -0.4 is 5.32 Å². The summed E-state index contributed by atoms with van der Waals surface area (Å²) in [6, 6.07) is 4.62. The van der Waals surface area contributed by atoms with Crippen molar-refractivity contribution in [2.45, 2.75) is 13.1 Å². The summed E-state index contributed by atoms with van der Waals surface area (Å²) in [7, 11) is 0. The average Bonchev–Trinajstić information content (AvgIpc) is 2.87. The molecule has 0 amide bonds. The molecule has 2 aromatic rings. The molecular weight excluding hydrogens is 214 g/mol. The molecule has 16 heavy (non-hydrogen) atoms. The zero-order valence-electron chi connectivity index (χ0n) is 8.25. The van der Waals surface area contributed by atoms with Crippen LogP contribution in [0.2, 0.25) is 0 Å². The van der Waals surface area contributed by atoms with E-state index in [1.807, 2.05) is 0 Å². The van der Waals surface area contributed by atoms with E-state index < -0.39 is 4.92 Å². The summed E-state index contributed by atoms with van der Waals surface area (Å²) in [5.41, 5.74) is 0.765. The third-order valence-corrected chi connectivity index (χ3v) is 1.92. The van der Waals surface area contributed by atoms with Crippen LogP contribution in [0.4, 0.5) is 5.88 Å². The van der Waals surface area contributed by atoms with Crippen molar-refractivity contribution in [2.75, 3.05) is 0 Å². The molecule has 7 nitrogen and oxygen atoms in total. The summed E-state index contributed by atoms with van der Waals surface area (Å²) >= 11 is 0. The summed E-state index contributed by atoms with van der Waals surface area (Å²) in [5.74, 6) is 0.258. The second-order valence-electron chi connectivity index (χ2n) is 3.09. The van der Waals surface area contributed by atoms with E-state index in [4.69, 9.17) is 4.42 Å². The standard InChI is InChI=1S/C9H9N3O4/c13-12(14)9-2-1-8(16-9)6-10-5-7-3-4-15-11-7/h1-4,10H,5-6H2. The van der Waals surface area contributed by atoms with E-state index >= 15 is 0 Å². The third-order valence-electron chi connectivity index (χ3n) is 1.92. The third kappa shape index (κ3) is 2.45. The Morgan fingerprint density at radius 2 is 2.25 bits per heavy atom. The highest BCUT2D eigenvalue weighted by molar-refractivity contribution is 5.17. The molecule has 0 bridgehead atoms. The first kappa shape index (κ1) is 10.4. The van der Waals surface area contributed by atoms with Crippen molar-refractivity contribution in [3.05, 3.63) is 46.0 Å². The second-order valence-corrected chi connectivity index (χ2v) is 3.09. The lowest BCUT2D eigenvalue weighted by atomic mass is 10.4. The molecular formula is C9H9N3O4. The smallest absolute Gasteiger partial charge is 0.404 e. The SMILES string of the molecule is O=[N+]([O-])c1ccc(CNCc2ccon2)o1. The summed E-state index contributed by atoms with van der Waals surface area (Å²) in [5, 5.41) is 17.1. The van der Waals surface area contributed by atoms with Gasteiger partial charge in [-0.3, -0.25) is 10.1 Å². The number of nitro groups is 1. The number of nitrogens with one attached hydrogen (secondary N) is 1. The van der Waals surface area contributed by atoms with Gasteiger partial charge in [-0.05, 0) is 6.07 Å². The Bertz CT molecular complexity index is 463. The van der Waals surface area contributed by atoms with Crippen LogP contribution in [-0.4, -0.2) is 10.1 Å². The van der Waals surface area contributed by atoms with E-state index in [9.17, 15) is 10.1 Å². The van der Waals surface area contributed by atoms with Crippen LogP contribution in [0.5, 0.6) is 0 Å². The monoisotopic (exact) mass is 223 g/mol. The Labute approximate surface area is 90.2 Å². The quantitative estimate of drug-likeness (QED) is 0.609. The van der Waals surface area contributed by atoms with Gasteiger partial charge in [0, 0.05) is 12.6 Å². The fraction of sp³-hybridized carbons (Fsp3) is 0.222. The van der Waals surface area contributed by atoms with E-state index in [-0.39, 0.29) is 5.88 Å². The predicted molar refractivity (Wildman–Crippen MR) is 52.4 cm³/mol. The maximum Gasteiger partial charge on any atom is 0.433 e. The zero-order chi connectivity index (χ0) is 11.4. The van der Waals surface area contributed by atoms with Crippen molar-refractivity contribution >= 4 is 5.88 Å². The van der Waals surface area contributed by atoms with E-state index in [0.29, 0.717) is 18.8 Å². The molecule has 1 N–H and O–H groups in total. The van der Waals surface area contributed by atoms with Gasteiger partial charge in [0.2, 0.25) is 0 Å². The molecule has 0 radical (unpaired) electrons. The predicted octanol–water partition coefficient (Wildman–Crippen LogP) is 1.47. The Balaban J connectivity index is 1.83. The molecule has 0 aliphatic heterocycles. The maximum absolute atomic E-state index is 10.3. The van der Waals surface area contributed by atoms with Gasteiger partial charge in [0.1, 0.15) is 16.9 Å². The number of aromatic nitrogens is 1. The van der Waals surface area contributed by atoms with Gasteiger partial charge < -0.3 is 14.3 Å². The number of hydrogen-bond donors (Lipinski definition) is 1. The highest BCUT2D eigenvalue weighted by atomic mass is 16.6. The van der Waals surface area contributed by atoms with E-state index in [2.05, 4.69) is 15.0 Å². The van der Waals surface area contributed by atoms with Crippen molar-refractivity contribution in [1.29, 1.82) is 0 Å². The molecule has 0 saturated carbocycles. The summed E-state index contributed by atoms with van der Waals surface area (Å²) in [6.45, 7) is 0.922. The molecule has 84 valence electrons. The normalized spacial score (nSPS) is 10.5. The molecule has 0 fully saturated rings. The van der Waals surface area contributed by atoms with E-state index in [1.54, 1.807) is 12.1 Å². The van der Waals surface area contributed by atoms with Crippen LogP contribution in [-0.2, 0) is 13.1 Å². The highest BCUT2D eigenvalue weighted by Gasteiger charge is 2.11. The molecule has 0 aromatic carbocycles. The molecule has 0 saturated heterocycles. The van der Waals surface area contributed by atoms with Crippen LogP contribution in [0.1, 0.15) is 11.5 Å². The first-order valence-electron chi connectivity index (χ1n) is 4.59. The Morgan fingerprint density at radius 1 is 1.38 bits per heavy atom. The topological polar surface area (TPSA) is 94.3 Å². The average molecular weight is 223 g/mol. The Kier molecular flexibility index (Phi) is 2.97. The number of furan rings is 1. The van der Waals surface area contributed by atoms with Gasteiger partial charge in [-0.1, -0.05) is 5.16 Å². The van der Waals surface area contributed by atoms with Crippen LogP contribution in [0.15, 0.2) is 33.4 Å². The molecule has 7 heteroatoms. The minimum atomic E-state index is -0.568. The van der Waals surface area contributed by atoms with Crippen molar-refractivity contribution in [2.24, 2.45) is 0 Å².